The lowest BCUT2D eigenvalue weighted by Crippen LogP contribution is -2.41. The third-order valence-corrected chi connectivity index (χ3v) is 3.50. The SMILES string of the molecule is C/N=C/C1Cc2ccccc2C[C@@H]1N(C)C. The first-order valence-corrected chi connectivity index (χ1v) is 5.88. The summed E-state index contributed by atoms with van der Waals surface area (Å²) in [6.45, 7) is 0. The van der Waals surface area contributed by atoms with Crippen molar-refractivity contribution in [3.63, 3.8) is 0 Å². The predicted octanol–water partition coefficient (Wildman–Crippen LogP) is 2.03. The number of hydrogen-bond acceptors (Lipinski definition) is 2. The highest BCUT2D eigenvalue weighted by Crippen LogP contribution is 2.27. The molecule has 1 aliphatic rings. The molecule has 2 rings (SSSR count). The molecule has 86 valence electrons. The Morgan fingerprint density at radius 2 is 1.81 bits per heavy atom. The number of aliphatic imine (C=N–C) groups is 1. The molecular weight excluding hydrogens is 196 g/mol. The zero-order valence-electron chi connectivity index (χ0n) is 10.4. The predicted molar refractivity (Wildman–Crippen MR) is 69.2 cm³/mol. The fourth-order valence-corrected chi connectivity index (χ4v) is 2.63. The van der Waals surface area contributed by atoms with Crippen molar-refractivity contribution < 1.29 is 0 Å². The van der Waals surface area contributed by atoms with E-state index in [-0.39, 0.29) is 0 Å². The van der Waals surface area contributed by atoms with Gasteiger partial charge in [0.15, 0.2) is 0 Å². The molecule has 1 aliphatic carbocycles. The van der Waals surface area contributed by atoms with Crippen LogP contribution >= 0.6 is 0 Å². The van der Waals surface area contributed by atoms with Crippen molar-refractivity contribution in [2.75, 3.05) is 21.1 Å². The number of benzene rings is 1. The Balaban J connectivity index is 2.29. The van der Waals surface area contributed by atoms with Crippen molar-refractivity contribution in [1.29, 1.82) is 0 Å². The van der Waals surface area contributed by atoms with Crippen molar-refractivity contribution in [2.24, 2.45) is 10.9 Å². The van der Waals surface area contributed by atoms with Crippen LogP contribution in [0.1, 0.15) is 11.1 Å². The highest BCUT2D eigenvalue weighted by atomic mass is 15.1. The highest BCUT2D eigenvalue weighted by molar-refractivity contribution is 5.63. The molecule has 0 N–H and O–H groups in total. The van der Waals surface area contributed by atoms with Crippen LogP contribution in [0.25, 0.3) is 0 Å². The maximum Gasteiger partial charge on any atom is 0.0273 e. The average Bonchev–Trinajstić information content (AvgIpc) is 2.28. The summed E-state index contributed by atoms with van der Waals surface area (Å²) in [5, 5.41) is 0. The highest BCUT2D eigenvalue weighted by Gasteiger charge is 2.28. The molecule has 2 atom stereocenters. The van der Waals surface area contributed by atoms with E-state index in [1.165, 1.54) is 11.1 Å². The topological polar surface area (TPSA) is 15.6 Å². The fourth-order valence-electron chi connectivity index (χ4n) is 2.63. The molecule has 2 nitrogen and oxygen atoms in total. The molecule has 0 fully saturated rings. The minimum atomic E-state index is 0.551. The molecule has 0 amide bonds. The van der Waals surface area contributed by atoms with Crippen LogP contribution < -0.4 is 0 Å². The number of rotatable bonds is 2. The van der Waals surface area contributed by atoms with E-state index in [2.05, 4.69) is 54.5 Å². The molecule has 0 bridgehead atoms. The normalized spacial score (nSPS) is 25.0. The summed E-state index contributed by atoms with van der Waals surface area (Å²) in [7, 11) is 6.19. The number of nitrogens with zero attached hydrogens (tertiary/aromatic N) is 2. The van der Waals surface area contributed by atoms with Crippen molar-refractivity contribution in [3.8, 4) is 0 Å². The van der Waals surface area contributed by atoms with Crippen LogP contribution in [0.2, 0.25) is 0 Å². The van der Waals surface area contributed by atoms with Gasteiger partial charge in [0, 0.05) is 25.2 Å². The van der Waals surface area contributed by atoms with Gasteiger partial charge in [0.25, 0.3) is 0 Å². The number of fused-ring (bicyclic) bond motifs is 1. The lowest BCUT2D eigenvalue weighted by molar-refractivity contribution is 0.237. The molecule has 0 aliphatic heterocycles. The van der Waals surface area contributed by atoms with Crippen LogP contribution in [-0.2, 0) is 12.8 Å². The zero-order valence-corrected chi connectivity index (χ0v) is 10.4. The standard InChI is InChI=1S/C14H20N2/c1-15-10-13-8-11-6-4-5-7-12(11)9-14(13)16(2)3/h4-7,10,13-14H,8-9H2,1-3H3/b15-10+/t13?,14-/m0/s1. The first-order chi connectivity index (χ1) is 7.72. The van der Waals surface area contributed by atoms with Crippen LogP contribution in [0.4, 0.5) is 0 Å². The van der Waals surface area contributed by atoms with Gasteiger partial charge in [-0.2, -0.15) is 0 Å². The molecule has 1 unspecified atom stereocenters. The van der Waals surface area contributed by atoms with Gasteiger partial charge in [-0.1, -0.05) is 24.3 Å². The van der Waals surface area contributed by atoms with Crippen LogP contribution in [0.3, 0.4) is 0 Å². The lowest BCUT2D eigenvalue weighted by atomic mass is 9.80. The molecule has 0 spiro atoms. The minimum absolute atomic E-state index is 0.551. The third kappa shape index (κ3) is 2.17. The van der Waals surface area contributed by atoms with E-state index in [1.54, 1.807) is 0 Å². The van der Waals surface area contributed by atoms with Crippen molar-refractivity contribution in [1.82, 2.24) is 4.90 Å². The van der Waals surface area contributed by atoms with E-state index < -0.39 is 0 Å². The van der Waals surface area contributed by atoms with Gasteiger partial charge in [-0.3, -0.25) is 0 Å². The molecule has 0 heterocycles. The summed E-state index contributed by atoms with van der Waals surface area (Å²) >= 11 is 0. The summed E-state index contributed by atoms with van der Waals surface area (Å²) in [4.78, 5) is 6.53. The molecule has 2 heteroatoms. The van der Waals surface area contributed by atoms with E-state index in [9.17, 15) is 0 Å². The van der Waals surface area contributed by atoms with Gasteiger partial charge in [-0.15, -0.1) is 0 Å². The first-order valence-electron chi connectivity index (χ1n) is 5.88. The zero-order chi connectivity index (χ0) is 11.5. The molecule has 0 radical (unpaired) electrons. The van der Waals surface area contributed by atoms with Gasteiger partial charge in [0.05, 0.1) is 0 Å². The maximum atomic E-state index is 4.21. The van der Waals surface area contributed by atoms with Gasteiger partial charge < -0.3 is 9.89 Å². The second-order valence-corrected chi connectivity index (χ2v) is 4.78. The van der Waals surface area contributed by atoms with E-state index in [0.717, 1.165) is 12.8 Å². The van der Waals surface area contributed by atoms with Gasteiger partial charge >= 0.3 is 0 Å². The Morgan fingerprint density at radius 1 is 1.19 bits per heavy atom. The first kappa shape index (κ1) is 11.3. The Morgan fingerprint density at radius 3 is 2.38 bits per heavy atom. The van der Waals surface area contributed by atoms with Crippen LogP contribution in [0.15, 0.2) is 29.3 Å². The van der Waals surface area contributed by atoms with Crippen LogP contribution in [0.5, 0.6) is 0 Å². The molecule has 1 aromatic carbocycles. The summed E-state index contributed by atoms with van der Waals surface area (Å²) < 4.78 is 0. The Hall–Kier alpha value is -1.15. The van der Waals surface area contributed by atoms with Gasteiger partial charge in [0.2, 0.25) is 0 Å². The largest absolute Gasteiger partial charge is 0.305 e. The summed E-state index contributed by atoms with van der Waals surface area (Å²) in [6, 6.07) is 9.36. The summed E-state index contributed by atoms with van der Waals surface area (Å²) in [6.07, 6.45) is 4.37. The van der Waals surface area contributed by atoms with Crippen molar-refractivity contribution >= 4 is 6.21 Å². The summed E-state index contributed by atoms with van der Waals surface area (Å²) in [5.41, 5.74) is 2.99. The molecule has 16 heavy (non-hydrogen) atoms. The Bertz CT molecular complexity index is 382. The fraction of sp³-hybridized carbons (Fsp3) is 0.500. The van der Waals surface area contributed by atoms with Gasteiger partial charge in [-0.05, 0) is 38.1 Å². The van der Waals surface area contributed by atoms with Crippen LogP contribution in [-0.4, -0.2) is 38.3 Å². The van der Waals surface area contributed by atoms with Crippen molar-refractivity contribution in [2.45, 2.75) is 18.9 Å². The number of likely N-dealkylation sites (N-methyl/N-ethyl adjacent to an activating group) is 1. The average molecular weight is 216 g/mol. The summed E-state index contributed by atoms with van der Waals surface area (Å²) in [5.74, 6) is 0.551. The third-order valence-electron chi connectivity index (χ3n) is 3.50. The van der Waals surface area contributed by atoms with E-state index >= 15 is 0 Å². The Labute approximate surface area is 98.0 Å². The molecule has 0 aromatic heterocycles. The van der Waals surface area contributed by atoms with E-state index in [0.29, 0.717) is 12.0 Å². The van der Waals surface area contributed by atoms with Gasteiger partial charge in [0.1, 0.15) is 0 Å². The maximum absolute atomic E-state index is 4.21. The second-order valence-electron chi connectivity index (χ2n) is 4.78. The van der Waals surface area contributed by atoms with E-state index in [4.69, 9.17) is 0 Å². The minimum Gasteiger partial charge on any atom is -0.305 e. The molecule has 0 saturated heterocycles. The smallest absolute Gasteiger partial charge is 0.0273 e. The lowest BCUT2D eigenvalue weighted by Gasteiger charge is -2.35. The molecule has 0 saturated carbocycles. The quantitative estimate of drug-likeness (QED) is 0.691. The van der Waals surface area contributed by atoms with Crippen LogP contribution in [0, 0.1) is 5.92 Å². The monoisotopic (exact) mass is 216 g/mol. The Kier molecular flexibility index (Phi) is 3.39. The van der Waals surface area contributed by atoms with Gasteiger partial charge in [-0.25, -0.2) is 0 Å². The molecular formula is C14H20N2. The van der Waals surface area contributed by atoms with Crippen molar-refractivity contribution in [3.05, 3.63) is 35.4 Å². The molecule has 1 aromatic rings. The van der Waals surface area contributed by atoms with E-state index in [1.807, 2.05) is 7.05 Å². The number of hydrogen-bond donors (Lipinski definition) is 0. The second kappa shape index (κ2) is 4.79.